The Hall–Kier alpha value is -2.57. The smallest absolute Gasteiger partial charge is 0.230 e. The van der Waals surface area contributed by atoms with E-state index < -0.39 is 0 Å². The number of methoxy groups -OCH3 is 1. The van der Waals surface area contributed by atoms with Crippen LogP contribution in [0.25, 0.3) is 10.8 Å². The minimum absolute atomic E-state index is 0. The zero-order valence-corrected chi connectivity index (χ0v) is 17.8. The van der Waals surface area contributed by atoms with E-state index in [0.29, 0.717) is 6.54 Å². The molecular weight excluding hydrogens is 388 g/mol. The molecule has 4 rings (SSSR count). The molecule has 1 aromatic heterocycles. The van der Waals surface area contributed by atoms with Crippen molar-refractivity contribution in [3.63, 3.8) is 0 Å². The Morgan fingerprint density at radius 3 is 2.72 bits per heavy atom. The third-order valence-corrected chi connectivity index (χ3v) is 5.62. The summed E-state index contributed by atoms with van der Waals surface area (Å²) < 4.78 is 7.29. The van der Waals surface area contributed by atoms with E-state index in [9.17, 15) is 4.79 Å². The van der Waals surface area contributed by atoms with Crippen molar-refractivity contribution in [1.29, 1.82) is 0 Å². The Kier molecular flexibility index (Phi) is 6.45. The predicted octanol–water partition coefficient (Wildman–Crippen LogP) is 3.28. The second-order valence-corrected chi connectivity index (χ2v) is 7.34. The third kappa shape index (κ3) is 4.09. The quantitative estimate of drug-likeness (QED) is 0.711. The first-order valence-electron chi connectivity index (χ1n) is 9.64. The molecule has 1 aliphatic heterocycles. The monoisotopic (exact) mass is 414 g/mol. The van der Waals surface area contributed by atoms with Gasteiger partial charge in [-0.05, 0) is 35.4 Å². The number of piperazine rings is 1. The van der Waals surface area contributed by atoms with E-state index in [-0.39, 0.29) is 30.3 Å². The number of carbonyl (C=O) groups excluding carboxylic acids is 1. The maximum Gasteiger partial charge on any atom is 0.230 e. The number of aryl methyl sites for hydroxylation is 1. The maximum absolute atomic E-state index is 13.4. The van der Waals surface area contributed by atoms with Crippen LogP contribution in [0.5, 0.6) is 5.75 Å². The van der Waals surface area contributed by atoms with Gasteiger partial charge in [0.05, 0.1) is 13.0 Å². The van der Waals surface area contributed by atoms with Gasteiger partial charge in [-0.2, -0.15) is 0 Å². The first-order chi connectivity index (χ1) is 13.6. The topological polar surface area (TPSA) is 59.4 Å². The summed E-state index contributed by atoms with van der Waals surface area (Å²) in [6.45, 7) is 4.20. The largest absolute Gasteiger partial charge is 0.497 e. The van der Waals surface area contributed by atoms with Crippen LogP contribution in [0.15, 0.2) is 48.8 Å². The van der Waals surface area contributed by atoms with E-state index in [1.165, 1.54) is 0 Å². The lowest BCUT2D eigenvalue weighted by molar-refractivity contribution is -0.136. The highest BCUT2D eigenvalue weighted by Crippen LogP contribution is 2.29. The Bertz CT molecular complexity index is 1000. The second-order valence-electron chi connectivity index (χ2n) is 7.34. The SMILES string of the molecule is COc1ccc2cc(C(C)C(=O)N3CCNCC3c3nccn3C)ccc2c1.Cl. The summed E-state index contributed by atoms with van der Waals surface area (Å²) in [4.78, 5) is 19.8. The maximum atomic E-state index is 13.4. The van der Waals surface area contributed by atoms with Crippen LogP contribution in [0, 0.1) is 0 Å². The van der Waals surface area contributed by atoms with E-state index >= 15 is 0 Å². The summed E-state index contributed by atoms with van der Waals surface area (Å²) >= 11 is 0. The Morgan fingerprint density at radius 2 is 2.00 bits per heavy atom. The number of hydrogen-bond donors (Lipinski definition) is 1. The van der Waals surface area contributed by atoms with Crippen molar-refractivity contribution in [2.75, 3.05) is 26.7 Å². The fourth-order valence-electron chi connectivity index (χ4n) is 3.93. The van der Waals surface area contributed by atoms with Gasteiger partial charge in [0.15, 0.2) is 0 Å². The first kappa shape index (κ1) is 21.1. The van der Waals surface area contributed by atoms with Crippen molar-refractivity contribution in [3.8, 4) is 5.75 Å². The van der Waals surface area contributed by atoms with Gasteiger partial charge in [0.25, 0.3) is 0 Å². The molecule has 1 amide bonds. The molecule has 6 nitrogen and oxygen atoms in total. The standard InChI is InChI=1S/C22H26N4O2.ClH/c1-15(16-4-5-18-13-19(28-3)7-6-17(18)12-16)22(27)26-11-8-23-14-20(26)21-24-9-10-25(21)2;/h4-7,9-10,12-13,15,20,23H,8,11,14H2,1-3H3;1H. The average molecular weight is 415 g/mol. The number of benzene rings is 2. The van der Waals surface area contributed by atoms with Gasteiger partial charge in [0, 0.05) is 39.1 Å². The summed E-state index contributed by atoms with van der Waals surface area (Å²) in [7, 11) is 3.64. The fraction of sp³-hybridized carbons (Fsp3) is 0.364. The molecule has 3 aromatic rings. The predicted molar refractivity (Wildman–Crippen MR) is 117 cm³/mol. The van der Waals surface area contributed by atoms with Crippen molar-refractivity contribution in [2.24, 2.45) is 7.05 Å². The summed E-state index contributed by atoms with van der Waals surface area (Å²) in [5, 5.41) is 5.61. The highest BCUT2D eigenvalue weighted by atomic mass is 35.5. The molecule has 1 saturated heterocycles. The molecule has 2 atom stereocenters. The number of imidazole rings is 1. The number of carbonyl (C=O) groups is 1. The van der Waals surface area contributed by atoms with Crippen LogP contribution in [-0.4, -0.2) is 47.1 Å². The first-order valence-corrected chi connectivity index (χ1v) is 9.64. The van der Waals surface area contributed by atoms with E-state index in [4.69, 9.17) is 4.74 Å². The molecule has 7 heteroatoms. The van der Waals surface area contributed by atoms with Crippen LogP contribution >= 0.6 is 12.4 Å². The Balaban J connectivity index is 0.00000240. The molecule has 1 N–H and O–H groups in total. The molecule has 0 aliphatic carbocycles. The number of fused-ring (bicyclic) bond motifs is 1. The number of ether oxygens (including phenoxy) is 1. The minimum Gasteiger partial charge on any atom is -0.497 e. The lowest BCUT2D eigenvalue weighted by Gasteiger charge is -2.37. The molecule has 29 heavy (non-hydrogen) atoms. The molecule has 0 bridgehead atoms. The average Bonchev–Trinajstić information content (AvgIpc) is 3.17. The Labute approximate surface area is 177 Å². The van der Waals surface area contributed by atoms with Gasteiger partial charge >= 0.3 is 0 Å². The van der Waals surface area contributed by atoms with Crippen molar-refractivity contribution in [2.45, 2.75) is 18.9 Å². The van der Waals surface area contributed by atoms with Crippen molar-refractivity contribution >= 4 is 29.1 Å². The second kappa shape index (κ2) is 8.84. The number of nitrogens with zero attached hydrogens (tertiary/aromatic N) is 3. The molecule has 0 saturated carbocycles. The minimum atomic E-state index is -0.215. The third-order valence-electron chi connectivity index (χ3n) is 5.62. The summed E-state index contributed by atoms with van der Waals surface area (Å²) in [5.74, 6) is 1.68. The van der Waals surface area contributed by atoms with Crippen molar-refractivity contribution < 1.29 is 9.53 Å². The summed E-state index contributed by atoms with van der Waals surface area (Å²) in [6.07, 6.45) is 3.71. The highest BCUT2D eigenvalue weighted by Gasteiger charge is 2.33. The zero-order valence-electron chi connectivity index (χ0n) is 17.0. The molecule has 0 spiro atoms. The fourth-order valence-corrected chi connectivity index (χ4v) is 3.93. The molecule has 1 aliphatic rings. The van der Waals surface area contributed by atoms with Gasteiger partial charge in [0.2, 0.25) is 5.91 Å². The van der Waals surface area contributed by atoms with E-state index in [2.05, 4.69) is 22.4 Å². The molecule has 1 fully saturated rings. The van der Waals surface area contributed by atoms with Gasteiger partial charge in [-0.1, -0.05) is 24.3 Å². The van der Waals surface area contributed by atoms with Crippen LogP contribution < -0.4 is 10.1 Å². The van der Waals surface area contributed by atoms with Gasteiger partial charge in [-0.15, -0.1) is 12.4 Å². The van der Waals surface area contributed by atoms with E-state index in [0.717, 1.165) is 41.0 Å². The number of rotatable bonds is 4. The lowest BCUT2D eigenvalue weighted by Crippen LogP contribution is -2.50. The van der Waals surface area contributed by atoms with Crippen LogP contribution in [0.4, 0.5) is 0 Å². The van der Waals surface area contributed by atoms with Crippen LogP contribution in [0.1, 0.15) is 30.3 Å². The van der Waals surface area contributed by atoms with Gasteiger partial charge in [-0.3, -0.25) is 4.79 Å². The number of nitrogens with one attached hydrogen (secondary N) is 1. The Morgan fingerprint density at radius 1 is 1.24 bits per heavy atom. The van der Waals surface area contributed by atoms with E-state index in [1.54, 1.807) is 13.3 Å². The van der Waals surface area contributed by atoms with Crippen LogP contribution in [0.2, 0.25) is 0 Å². The molecule has 2 aromatic carbocycles. The van der Waals surface area contributed by atoms with Crippen molar-refractivity contribution in [3.05, 3.63) is 60.2 Å². The molecule has 154 valence electrons. The van der Waals surface area contributed by atoms with Gasteiger partial charge in [-0.25, -0.2) is 4.98 Å². The number of aromatic nitrogens is 2. The number of hydrogen-bond acceptors (Lipinski definition) is 4. The normalized spacial score (nSPS) is 17.6. The van der Waals surface area contributed by atoms with Gasteiger partial charge < -0.3 is 19.5 Å². The van der Waals surface area contributed by atoms with Gasteiger partial charge in [0.1, 0.15) is 17.6 Å². The van der Waals surface area contributed by atoms with Crippen LogP contribution in [-0.2, 0) is 11.8 Å². The lowest BCUT2D eigenvalue weighted by atomic mass is 9.95. The number of amides is 1. The van der Waals surface area contributed by atoms with Crippen molar-refractivity contribution in [1.82, 2.24) is 19.8 Å². The highest BCUT2D eigenvalue weighted by molar-refractivity contribution is 5.88. The molecular formula is C22H27ClN4O2. The molecule has 2 heterocycles. The molecule has 2 unspecified atom stereocenters. The summed E-state index contributed by atoms with van der Waals surface area (Å²) in [6, 6.07) is 12.2. The van der Waals surface area contributed by atoms with E-state index in [1.807, 2.05) is 53.9 Å². The number of halogens is 1. The molecule has 0 radical (unpaired) electrons. The summed E-state index contributed by atoms with van der Waals surface area (Å²) in [5.41, 5.74) is 1.03. The zero-order chi connectivity index (χ0) is 19.7. The van der Waals surface area contributed by atoms with Crippen LogP contribution in [0.3, 0.4) is 0 Å².